The summed E-state index contributed by atoms with van der Waals surface area (Å²) in [6.45, 7) is 0.346. The second kappa shape index (κ2) is 5.26. The van der Waals surface area contributed by atoms with E-state index in [1.165, 1.54) is 17.0 Å². The Morgan fingerprint density at radius 2 is 1.95 bits per heavy atom. The van der Waals surface area contributed by atoms with E-state index in [1.807, 2.05) is 0 Å². The average Bonchev–Trinajstić information content (AvgIpc) is 2.34. The van der Waals surface area contributed by atoms with Gasteiger partial charge in [0.25, 0.3) is 0 Å². The maximum atomic E-state index is 12.8. The van der Waals surface area contributed by atoms with E-state index >= 15 is 0 Å². The highest BCUT2D eigenvalue weighted by Crippen LogP contribution is 2.14. The van der Waals surface area contributed by atoms with E-state index in [9.17, 15) is 17.6 Å². The minimum absolute atomic E-state index is 0.0113. The van der Waals surface area contributed by atoms with E-state index in [4.69, 9.17) is 0 Å². The van der Waals surface area contributed by atoms with Crippen LogP contribution in [0, 0.1) is 5.82 Å². The third-order valence-corrected chi connectivity index (χ3v) is 4.61. The summed E-state index contributed by atoms with van der Waals surface area (Å²) in [5, 5.41) is 0. The molecule has 1 aliphatic rings. The SMILES string of the molecule is CN1CC(NS(=O)(=O)c2ccc(F)cc2)CCC1=O. The van der Waals surface area contributed by atoms with Crippen molar-refractivity contribution in [2.75, 3.05) is 13.6 Å². The van der Waals surface area contributed by atoms with Crippen molar-refractivity contribution >= 4 is 15.9 Å². The number of amides is 1. The molecule has 1 aliphatic heterocycles. The van der Waals surface area contributed by atoms with Crippen molar-refractivity contribution in [2.24, 2.45) is 0 Å². The first kappa shape index (κ1) is 14.0. The standard InChI is InChI=1S/C12H15FN2O3S/c1-15-8-10(4-7-12(15)16)14-19(17,18)11-5-2-9(13)3-6-11/h2-3,5-6,10,14H,4,7-8H2,1H3. The van der Waals surface area contributed by atoms with Gasteiger partial charge in [-0.2, -0.15) is 0 Å². The van der Waals surface area contributed by atoms with Crippen LogP contribution in [-0.2, 0) is 14.8 Å². The van der Waals surface area contributed by atoms with Gasteiger partial charge < -0.3 is 4.90 Å². The summed E-state index contributed by atoms with van der Waals surface area (Å²) in [5.74, 6) is -0.473. The minimum atomic E-state index is -3.67. The third-order valence-electron chi connectivity index (χ3n) is 3.07. The van der Waals surface area contributed by atoms with Crippen molar-refractivity contribution in [1.29, 1.82) is 0 Å². The molecule has 7 heteroatoms. The molecule has 2 rings (SSSR count). The lowest BCUT2D eigenvalue weighted by Gasteiger charge is -2.29. The third kappa shape index (κ3) is 3.30. The van der Waals surface area contributed by atoms with E-state index in [1.54, 1.807) is 7.05 Å². The highest BCUT2D eigenvalue weighted by atomic mass is 32.2. The predicted molar refractivity (Wildman–Crippen MR) is 67.4 cm³/mol. The lowest BCUT2D eigenvalue weighted by molar-refractivity contribution is -0.132. The first-order valence-electron chi connectivity index (χ1n) is 5.90. The fourth-order valence-corrected chi connectivity index (χ4v) is 3.27. The maximum Gasteiger partial charge on any atom is 0.240 e. The van der Waals surface area contributed by atoms with Gasteiger partial charge in [0, 0.05) is 26.1 Å². The number of halogens is 1. The number of nitrogens with zero attached hydrogens (tertiary/aromatic N) is 1. The van der Waals surface area contributed by atoms with Crippen LogP contribution in [0.25, 0.3) is 0 Å². The Labute approximate surface area is 111 Å². The van der Waals surface area contributed by atoms with Crippen molar-refractivity contribution in [1.82, 2.24) is 9.62 Å². The van der Waals surface area contributed by atoms with Crippen LogP contribution in [0.3, 0.4) is 0 Å². The Bertz CT molecular complexity index is 571. The predicted octanol–water partition coefficient (Wildman–Crippen LogP) is 0.725. The molecule has 0 radical (unpaired) electrons. The molecule has 1 unspecified atom stereocenters. The molecule has 1 aromatic carbocycles. The number of carbonyl (C=O) groups excluding carboxylic acids is 1. The molecule has 1 heterocycles. The van der Waals surface area contributed by atoms with E-state index in [0.29, 0.717) is 19.4 Å². The Kier molecular flexibility index (Phi) is 3.86. The monoisotopic (exact) mass is 286 g/mol. The van der Waals surface area contributed by atoms with Crippen LogP contribution >= 0.6 is 0 Å². The van der Waals surface area contributed by atoms with Gasteiger partial charge in [-0.1, -0.05) is 0 Å². The van der Waals surface area contributed by atoms with E-state index in [2.05, 4.69) is 4.72 Å². The van der Waals surface area contributed by atoms with Gasteiger partial charge in [0.05, 0.1) is 4.90 Å². The van der Waals surface area contributed by atoms with Crippen LogP contribution in [0.5, 0.6) is 0 Å². The van der Waals surface area contributed by atoms with Crippen molar-refractivity contribution < 1.29 is 17.6 Å². The molecule has 5 nitrogen and oxygen atoms in total. The highest BCUT2D eigenvalue weighted by molar-refractivity contribution is 7.89. The number of nitrogens with one attached hydrogen (secondary N) is 1. The van der Waals surface area contributed by atoms with Crippen LogP contribution in [0.1, 0.15) is 12.8 Å². The Morgan fingerprint density at radius 3 is 2.53 bits per heavy atom. The fraction of sp³-hybridized carbons (Fsp3) is 0.417. The van der Waals surface area contributed by atoms with Crippen molar-refractivity contribution in [3.8, 4) is 0 Å². The molecule has 0 spiro atoms. The largest absolute Gasteiger partial charge is 0.344 e. The fourth-order valence-electron chi connectivity index (χ4n) is 2.01. The minimum Gasteiger partial charge on any atom is -0.344 e. The summed E-state index contributed by atoms with van der Waals surface area (Å²) in [6, 6.07) is 4.33. The summed E-state index contributed by atoms with van der Waals surface area (Å²) < 4.78 is 39.4. The molecular weight excluding hydrogens is 271 g/mol. The number of hydrogen-bond donors (Lipinski definition) is 1. The molecule has 0 saturated carbocycles. The molecule has 0 aliphatic carbocycles. The topological polar surface area (TPSA) is 66.5 Å². The van der Waals surface area contributed by atoms with Gasteiger partial charge in [0.1, 0.15) is 5.82 Å². The highest BCUT2D eigenvalue weighted by Gasteiger charge is 2.27. The average molecular weight is 286 g/mol. The second-order valence-corrected chi connectivity index (χ2v) is 6.30. The summed E-state index contributed by atoms with van der Waals surface area (Å²) in [7, 11) is -2.03. The van der Waals surface area contributed by atoms with Crippen LogP contribution in [0.4, 0.5) is 4.39 Å². The van der Waals surface area contributed by atoms with Gasteiger partial charge in [-0.25, -0.2) is 17.5 Å². The quantitative estimate of drug-likeness (QED) is 0.890. The molecular formula is C12H15FN2O3S. The molecule has 104 valence electrons. The summed E-state index contributed by atoms with van der Waals surface area (Å²) in [4.78, 5) is 12.8. The Morgan fingerprint density at radius 1 is 1.32 bits per heavy atom. The lowest BCUT2D eigenvalue weighted by Crippen LogP contribution is -2.48. The van der Waals surface area contributed by atoms with Crippen LogP contribution in [0.2, 0.25) is 0 Å². The number of piperidine rings is 1. The Hall–Kier alpha value is -1.47. The van der Waals surface area contributed by atoms with E-state index in [-0.39, 0.29) is 16.8 Å². The zero-order valence-electron chi connectivity index (χ0n) is 10.5. The number of likely N-dealkylation sites (tertiary alicyclic amines) is 1. The van der Waals surface area contributed by atoms with Crippen LogP contribution in [0.15, 0.2) is 29.2 Å². The van der Waals surface area contributed by atoms with Crippen LogP contribution < -0.4 is 4.72 Å². The molecule has 1 atom stereocenters. The summed E-state index contributed by atoms with van der Waals surface area (Å²) in [5.41, 5.74) is 0. The van der Waals surface area contributed by atoms with Gasteiger partial charge in [0.2, 0.25) is 15.9 Å². The number of likely N-dealkylation sites (N-methyl/N-ethyl adjacent to an activating group) is 1. The number of rotatable bonds is 3. The Balaban J connectivity index is 2.09. The normalized spacial score (nSPS) is 20.6. The van der Waals surface area contributed by atoms with Gasteiger partial charge in [-0.3, -0.25) is 4.79 Å². The number of hydrogen-bond acceptors (Lipinski definition) is 3. The van der Waals surface area contributed by atoms with Gasteiger partial charge >= 0.3 is 0 Å². The van der Waals surface area contributed by atoms with E-state index in [0.717, 1.165) is 12.1 Å². The molecule has 1 aromatic rings. The van der Waals surface area contributed by atoms with E-state index < -0.39 is 15.8 Å². The first-order valence-corrected chi connectivity index (χ1v) is 7.38. The zero-order chi connectivity index (χ0) is 14.0. The zero-order valence-corrected chi connectivity index (χ0v) is 11.3. The molecule has 1 N–H and O–H groups in total. The van der Waals surface area contributed by atoms with Gasteiger partial charge in [-0.15, -0.1) is 0 Å². The lowest BCUT2D eigenvalue weighted by atomic mass is 10.1. The van der Waals surface area contributed by atoms with Gasteiger partial charge in [-0.05, 0) is 30.7 Å². The number of benzene rings is 1. The molecule has 1 amide bonds. The molecule has 0 bridgehead atoms. The smallest absolute Gasteiger partial charge is 0.240 e. The maximum absolute atomic E-state index is 12.8. The molecule has 0 aromatic heterocycles. The van der Waals surface area contributed by atoms with Crippen molar-refractivity contribution in [3.05, 3.63) is 30.1 Å². The van der Waals surface area contributed by atoms with Crippen LogP contribution in [-0.4, -0.2) is 38.9 Å². The summed E-state index contributed by atoms with van der Waals surface area (Å²) >= 11 is 0. The number of sulfonamides is 1. The first-order chi connectivity index (χ1) is 8.88. The van der Waals surface area contributed by atoms with Crippen molar-refractivity contribution in [3.63, 3.8) is 0 Å². The molecule has 1 saturated heterocycles. The molecule has 1 fully saturated rings. The summed E-state index contributed by atoms with van der Waals surface area (Å²) in [6.07, 6.45) is 0.802. The molecule has 19 heavy (non-hydrogen) atoms. The number of carbonyl (C=O) groups is 1. The van der Waals surface area contributed by atoms with Gasteiger partial charge in [0.15, 0.2) is 0 Å². The second-order valence-electron chi connectivity index (χ2n) is 4.59. The van der Waals surface area contributed by atoms with Crippen molar-refractivity contribution in [2.45, 2.75) is 23.8 Å².